The number of nitrogens with zero attached hydrogens (tertiary/aromatic N) is 1. The average molecular weight is 386 g/mol. The van der Waals surface area contributed by atoms with Crippen LogP contribution < -0.4 is 15.4 Å². The smallest absolute Gasteiger partial charge is 0.315 e. The van der Waals surface area contributed by atoms with Crippen LogP contribution in [0.5, 0.6) is 5.75 Å². The number of benzene rings is 1. The van der Waals surface area contributed by atoms with E-state index in [4.69, 9.17) is 9.15 Å². The molecule has 0 saturated carbocycles. The molecule has 6 nitrogen and oxygen atoms in total. The third kappa shape index (κ3) is 5.76. The van der Waals surface area contributed by atoms with Gasteiger partial charge in [-0.25, -0.2) is 4.79 Å². The summed E-state index contributed by atoms with van der Waals surface area (Å²) < 4.78 is 10.8. The lowest BCUT2D eigenvalue weighted by Gasteiger charge is -2.26. The lowest BCUT2D eigenvalue weighted by Crippen LogP contribution is -2.44. The van der Waals surface area contributed by atoms with E-state index < -0.39 is 0 Å². The SMILES string of the molecule is COc1ccc(CCC(C)NC(=O)NCC(c2ccco2)N2CCCC2)cc1. The Bertz CT molecular complexity index is 709. The fourth-order valence-electron chi connectivity index (χ4n) is 3.66. The first-order valence-corrected chi connectivity index (χ1v) is 10.1. The Balaban J connectivity index is 1.43. The standard InChI is InChI=1S/C22H31N3O3/c1-17(7-8-18-9-11-19(27-2)12-10-18)24-22(26)23-16-20(21-6-5-15-28-21)25-13-3-4-14-25/h5-6,9-12,15,17,20H,3-4,7-8,13-14,16H2,1-2H3,(H2,23,24,26). The highest BCUT2D eigenvalue weighted by Crippen LogP contribution is 2.24. The van der Waals surface area contributed by atoms with Crippen LogP contribution in [0, 0.1) is 0 Å². The van der Waals surface area contributed by atoms with Crippen molar-refractivity contribution in [2.75, 3.05) is 26.7 Å². The van der Waals surface area contributed by atoms with Crippen LogP contribution in [0.15, 0.2) is 47.1 Å². The van der Waals surface area contributed by atoms with Crippen LogP contribution in [0.4, 0.5) is 4.79 Å². The van der Waals surface area contributed by atoms with Crippen LogP contribution in [0.2, 0.25) is 0 Å². The molecule has 1 aromatic heterocycles. The number of carbonyl (C=O) groups excluding carboxylic acids is 1. The number of amides is 2. The number of hydrogen-bond donors (Lipinski definition) is 2. The first-order valence-electron chi connectivity index (χ1n) is 10.1. The molecule has 0 bridgehead atoms. The first-order chi connectivity index (χ1) is 13.7. The van der Waals surface area contributed by atoms with Crippen molar-refractivity contribution in [2.45, 2.75) is 44.7 Å². The summed E-state index contributed by atoms with van der Waals surface area (Å²) in [4.78, 5) is 14.7. The Morgan fingerprint density at radius 2 is 1.96 bits per heavy atom. The highest BCUT2D eigenvalue weighted by Gasteiger charge is 2.26. The Morgan fingerprint density at radius 1 is 1.21 bits per heavy atom. The van der Waals surface area contributed by atoms with E-state index in [-0.39, 0.29) is 18.1 Å². The summed E-state index contributed by atoms with van der Waals surface area (Å²) in [5.41, 5.74) is 1.24. The van der Waals surface area contributed by atoms with Crippen molar-refractivity contribution in [2.24, 2.45) is 0 Å². The van der Waals surface area contributed by atoms with E-state index >= 15 is 0 Å². The molecule has 152 valence electrons. The average Bonchev–Trinajstić information content (AvgIpc) is 3.42. The second kappa shape index (κ2) is 10.2. The lowest BCUT2D eigenvalue weighted by molar-refractivity contribution is 0.202. The summed E-state index contributed by atoms with van der Waals surface area (Å²) in [6.45, 7) is 4.68. The minimum atomic E-state index is -0.127. The third-order valence-corrected chi connectivity index (χ3v) is 5.31. The molecule has 1 aliphatic rings. The van der Waals surface area contributed by atoms with Crippen molar-refractivity contribution in [3.63, 3.8) is 0 Å². The maximum absolute atomic E-state index is 12.3. The molecule has 1 aliphatic heterocycles. The van der Waals surface area contributed by atoms with Gasteiger partial charge < -0.3 is 19.8 Å². The van der Waals surface area contributed by atoms with Gasteiger partial charge in [0.25, 0.3) is 0 Å². The molecule has 6 heteroatoms. The van der Waals surface area contributed by atoms with Crippen LogP contribution in [0.1, 0.15) is 43.6 Å². The Hall–Kier alpha value is -2.47. The Morgan fingerprint density at radius 3 is 2.61 bits per heavy atom. The van der Waals surface area contributed by atoms with Gasteiger partial charge in [-0.3, -0.25) is 4.90 Å². The Labute approximate surface area is 167 Å². The largest absolute Gasteiger partial charge is 0.497 e. The summed E-state index contributed by atoms with van der Waals surface area (Å²) in [7, 11) is 1.67. The molecule has 2 atom stereocenters. The van der Waals surface area contributed by atoms with Crippen molar-refractivity contribution in [1.82, 2.24) is 15.5 Å². The molecule has 2 N–H and O–H groups in total. The maximum Gasteiger partial charge on any atom is 0.315 e. The van der Waals surface area contributed by atoms with Gasteiger partial charge in [-0.05, 0) is 75.5 Å². The maximum atomic E-state index is 12.3. The number of likely N-dealkylation sites (tertiary alicyclic amines) is 1. The molecule has 3 rings (SSSR count). The second-order valence-corrected chi connectivity index (χ2v) is 7.42. The van der Waals surface area contributed by atoms with Crippen LogP contribution >= 0.6 is 0 Å². The highest BCUT2D eigenvalue weighted by atomic mass is 16.5. The number of ether oxygens (including phenoxy) is 1. The number of furan rings is 1. The quantitative estimate of drug-likeness (QED) is 0.690. The zero-order valence-electron chi connectivity index (χ0n) is 16.8. The molecule has 2 aromatic rings. The second-order valence-electron chi connectivity index (χ2n) is 7.42. The first kappa shape index (κ1) is 20.3. The fourth-order valence-corrected chi connectivity index (χ4v) is 3.66. The predicted octanol–water partition coefficient (Wildman–Crippen LogP) is 3.75. The molecule has 0 radical (unpaired) electrons. The van der Waals surface area contributed by atoms with Gasteiger partial charge in [0.1, 0.15) is 11.5 Å². The van der Waals surface area contributed by atoms with Gasteiger partial charge in [-0.15, -0.1) is 0 Å². The van der Waals surface area contributed by atoms with E-state index in [1.165, 1.54) is 18.4 Å². The van der Waals surface area contributed by atoms with Gasteiger partial charge in [0.15, 0.2) is 0 Å². The number of rotatable bonds is 9. The molecule has 28 heavy (non-hydrogen) atoms. The van der Waals surface area contributed by atoms with E-state index in [2.05, 4.69) is 27.7 Å². The van der Waals surface area contributed by atoms with Gasteiger partial charge in [-0.2, -0.15) is 0 Å². The topological polar surface area (TPSA) is 66.7 Å². The highest BCUT2D eigenvalue weighted by molar-refractivity contribution is 5.74. The lowest BCUT2D eigenvalue weighted by atomic mass is 10.1. The third-order valence-electron chi connectivity index (χ3n) is 5.31. The van der Waals surface area contributed by atoms with E-state index in [0.717, 1.165) is 37.4 Å². The summed E-state index contributed by atoms with van der Waals surface area (Å²) in [6, 6.07) is 12.0. The fraction of sp³-hybridized carbons (Fsp3) is 0.500. The zero-order valence-corrected chi connectivity index (χ0v) is 16.8. The number of methoxy groups -OCH3 is 1. The zero-order chi connectivity index (χ0) is 19.8. The van der Waals surface area contributed by atoms with Crippen LogP contribution in [-0.2, 0) is 6.42 Å². The van der Waals surface area contributed by atoms with Crippen molar-refractivity contribution in [3.8, 4) is 5.75 Å². The van der Waals surface area contributed by atoms with Crippen molar-refractivity contribution >= 4 is 6.03 Å². The molecular formula is C22H31N3O3. The molecule has 1 saturated heterocycles. The molecule has 2 unspecified atom stereocenters. The van der Waals surface area contributed by atoms with E-state index in [0.29, 0.717) is 6.54 Å². The molecule has 2 amide bonds. The van der Waals surface area contributed by atoms with Crippen molar-refractivity contribution in [1.29, 1.82) is 0 Å². The van der Waals surface area contributed by atoms with E-state index in [1.54, 1.807) is 13.4 Å². The summed E-state index contributed by atoms with van der Waals surface area (Å²) in [5, 5.41) is 6.06. The number of aryl methyl sites for hydroxylation is 1. The summed E-state index contributed by atoms with van der Waals surface area (Å²) in [5.74, 6) is 1.77. The Kier molecular flexibility index (Phi) is 7.37. The van der Waals surface area contributed by atoms with Gasteiger partial charge in [0.05, 0.1) is 19.4 Å². The van der Waals surface area contributed by atoms with Gasteiger partial charge in [0, 0.05) is 12.6 Å². The van der Waals surface area contributed by atoms with Crippen molar-refractivity contribution < 1.29 is 13.9 Å². The van der Waals surface area contributed by atoms with Crippen molar-refractivity contribution in [3.05, 3.63) is 54.0 Å². The molecule has 2 heterocycles. The van der Waals surface area contributed by atoms with Crippen LogP contribution in [-0.4, -0.2) is 43.7 Å². The number of hydrogen-bond acceptors (Lipinski definition) is 4. The normalized spacial score (nSPS) is 16.5. The molecule has 1 aromatic carbocycles. The number of nitrogens with one attached hydrogen (secondary N) is 2. The molecular weight excluding hydrogens is 354 g/mol. The summed E-state index contributed by atoms with van der Waals surface area (Å²) in [6.07, 6.45) is 5.89. The van der Waals surface area contributed by atoms with Crippen LogP contribution in [0.25, 0.3) is 0 Å². The minimum Gasteiger partial charge on any atom is -0.497 e. The predicted molar refractivity (Wildman–Crippen MR) is 110 cm³/mol. The molecule has 0 spiro atoms. The van der Waals surface area contributed by atoms with E-state index in [9.17, 15) is 4.79 Å². The van der Waals surface area contributed by atoms with Crippen LogP contribution in [0.3, 0.4) is 0 Å². The molecule has 0 aliphatic carbocycles. The number of carbonyl (C=O) groups is 1. The minimum absolute atomic E-state index is 0.0935. The van der Waals surface area contributed by atoms with Gasteiger partial charge in [0.2, 0.25) is 0 Å². The van der Waals surface area contributed by atoms with Gasteiger partial charge in [-0.1, -0.05) is 12.1 Å². The monoisotopic (exact) mass is 385 g/mol. The van der Waals surface area contributed by atoms with E-state index in [1.807, 2.05) is 31.2 Å². The number of urea groups is 1. The summed E-state index contributed by atoms with van der Waals surface area (Å²) >= 11 is 0. The molecule has 1 fully saturated rings. The van der Waals surface area contributed by atoms with Gasteiger partial charge >= 0.3 is 6.03 Å².